The van der Waals surface area contributed by atoms with Crippen molar-refractivity contribution >= 4 is 0 Å². The first-order chi connectivity index (χ1) is 6.74. The molecule has 1 rings (SSSR count). The van der Waals surface area contributed by atoms with Crippen LogP contribution in [-0.2, 0) is 4.74 Å². The standard InChI is InChI=1S/C10H21NO3/c1-14-7-8(12)6-11-9-4-2-3-5-10(9)13/h8-13H,2-7H2,1H3/t8?,9-,10-/m1/s1. The summed E-state index contributed by atoms with van der Waals surface area (Å²) in [4.78, 5) is 0. The third kappa shape index (κ3) is 3.92. The lowest BCUT2D eigenvalue weighted by Gasteiger charge is -2.29. The molecule has 0 saturated heterocycles. The van der Waals surface area contributed by atoms with Gasteiger partial charge in [0.1, 0.15) is 0 Å². The number of methoxy groups -OCH3 is 1. The lowest BCUT2D eigenvalue weighted by molar-refractivity contribution is 0.0474. The molecule has 4 nitrogen and oxygen atoms in total. The van der Waals surface area contributed by atoms with Gasteiger partial charge in [-0.1, -0.05) is 12.8 Å². The van der Waals surface area contributed by atoms with E-state index in [1.165, 1.54) is 0 Å². The highest BCUT2D eigenvalue weighted by Gasteiger charge is 2.22. The molecule has 0 aliphatic heterocycles. The van der Waals surface area contributed by atoms with Crippen molar-refractivity contribution < 1.29 is 14.9 Å². The van der Waals surface area contributed by atoms with Crippen LogP contribution in [0.15, 0.2) is 0 Å². The molecule has 0 aromatic heterocycles. The molecule has 3 N–H and O–H groups in total. The lowest BCUT2D eigenvalue weighted by atomic mass is 9.92. The Morgan fingerprint density at radius 3 is 2.79 bits per heavy atom. The van der Waals surface area contributed by atoms with Gasteiger partial charge in [-0.15, -0.1) is 0 Å². The molecule has 1 fully saturated rings. The van der Waals surface area contributed by atoms with E-state index < -0.39 is 6.10 Å². The largest absolute Gasteiger partial charge is 0.392 e. The van der Waals surface area contributed by atoms with Crippen molar-refractivity contribution in [2.24, 2.45) is 0 Å². The van der Waals surface area contributed by atoms with E-state index in [0.717, 1.165) is 25.7 Å². The van der Waals surface area contributed by atoms with E-state index in [9.17, 15) is 10.2 Å². The van der Waals surface area contributed by atoms with Gasteiger partial charge in [0.05, 0.1) is 18.8 Å². The van der Waals surface area contributed by atoms with Crippen molar-refractivity contribution in [3.8, 4) is 0 Å². The van der Waals surface area contributed by atoms with E-state index in [1.54, 1.807) is 7.11 Å². The zero-order valence-electron chi connectivity index (χ0n) is 8.78. The quantitative estimate of drug-likeness (QED) is 0.583. The number of hydrogen-bond donors (Lipinski definition) is 3. The minimum Gasteiger partial charge on any atom is -0.392 e. The van der Waals surface area contributed by atoms with Gasteiger partial charge in [0.2, 0.25) is 0 Å². The van der Waals surface area contributed by atoms with Gasteiger partial charge < -0.3 is 20.3 Å². The molecule has 0 aromatic carbocycles. The van der Waals surface area contributed by atoms with Gasteiger partial charge >= 0.3 is 0 Å². The van der Waals surface area contributed by atoms with Gasteiger partial charge in [-0.2, -0.15) is 0 Å². The first kappa shape index (κ1) is 11.9. The highest BCUT2D eigenvalue weighted by molar-refractivity contribution is 4.81. The van der Waals surface area contributed by atoms with Gasteiger partial charge in [-0.3, -0.25) is 0 Å². The Morgan fingerprint density at radius 1 is 1.43 bits per heavy atom. The molecule has 0 spiro atoms. The summed E-state index contributed by atoms with van der Waals surface area (Å²) in [6.45, 7) is 0.839. The summed E-state index contributed by atoms with van der Waals surface area (Å²) in [6.07, 6.45) is 3.42. The zero-order valence-corrected chi connectivity index (χ0v) is 8.78. The van der Waals surface area contributed by atoms with Crippen LogP contribution in [0.3, 0.4) is 0 Å². The molecular formula is C10H21NO3. The van der Waals surface area contributed by atoms with Crippen LogP contribution in [-0.4, -0.2) is 48.7 Å². The number of nitrogens with one attached hydrogen (secondary N) is 1. The van der Waals surface area contributed by atoms with E-state index >= 15 is 0 Å². The Hall–Kier alpha value is -0.160. The fourth-order valence-electron chi connectivity index (χ4n) is 1.89. The van der Waals surface area contributed by atoms with Crippen molar-refractivity contribution in [3.05, 3.63) is 0 Å². The second-order valence-electron chi connectivity index (χ2n) is 3.98. The molecule has 1 saturated carbocycles. The molecule has 14 heavy (non-hydrogen) atoms. The van der Waals surface area contributed by atoms with Crippen LogP contribution in [0.1, 0.15) is 25.7 Å². The number of ether oxygens (including phenoxy) is 1. The van der Waals surface area contributed by atoms with Crippen LogP contribution in [0.2, 0.25) is 0 Å². The molecule has 0 aromatic rings. The van der Waals surface area contributed by atoms with Crippen LogP contribution in [0, 0.1) is 0 Å². The highest BCUT2D eigenvalue weighted by atomic mass is 16.5. The van der Waals surface area contributed by atoms with E-state index in [1.807, 2.05) is 0 Å². The maximum absolute atomic E-state index is 9.64. The Labute approximate surface area is 85.3 Å². The lowest BCUT2D eigenvalue weighted by Crippen LogP contribution is -2.45. The molecular weight excluding hydrogens is 182 g/mol. The normalized spacial score (nSPS) is 30.2. The van der Waals surface area contributed by atoms with E-state index in [2.05, 4.69) is 5.32 Å². The number of aliphatic hydroxyl groups is 2. The van der Waals surface area contributed by atoms with Crippen LogP contribution in [0.4, 0.5) is 0 Å². The van der Waals surface area contributed by atoms with Gasteiger partial charge in [-0.05, 0) is 12.8 Å². The number of rotatable bonds is 5. The monoisotopic (exact) mass is 203 g/mol. The fourth-order valence-corrected chi connectivity index (χ4v) is 1.89. The van der Waals surface area contributed by atoms with Gasteiger partial charge in [0.15, 0.2) is 0 Å². The second-order valence-corrected chi connectivity index (χ2v) is 3.98. The second kappa shape index (κ2) is 6.35. The van der Waals surface area contributed by atoms with Gasteiger partial charge in [-0.25, -0.2) is 0 Å². The predicted octanol–water partition coefficient (Wildman–Crippen LogP) is -0.113. The third-order valence-corrected chi connectivity index (χ3v) is 2.70. The molecule has 0 heterocycles. The van der Waals surface area contributed by atoms with E-state index in [4.69, 9.17) is 4.74 Å². The summed E-state index contributed by atoms with van der Waals surface area (Å²) in [6, 6.07) is 0.148. The Balaban J connectivity index is 2.15. The van der Waals surface area contributed by atoms with Crippen molar-refractivity contribution in [1.29, 1.82) is 0 Å². The van der Waals surface area contributed by atoms with Crippen molar-refractivity contribution in [1.82, 2.24) is 5.32 Å². The third-order valence-electron chi connectivity index (χ3n) is 2.70. The van der Waals surface area contributed by atoms with Crippen molar-refractivity contribution in [2.45, 2.75) is 43.9 Å². The van der Waals surface area contributed by atoms with Gasteiger partial charge in [0, 0.05) is 19.7 Å². The fraction of sp³-hybridized carbons (Fsp3) is 1.00. The molecule has 1 unspecified atom stereocenters. The van der Waals surface area contributed by atoms with Crippen molar-refractivity contribution in [2.75, 3.05) is 20.3 Å². The van der Waals surface area contributed by atoms with Crippen LogP contribution >= 0.6 is 0 Å². The molecule has 0 amide bonds. The van der Waals surface area contributed by atoms with E-state index in [-0.39, 0.29) is 12.1 Å². The summed E-state index contributed by atoms with van der Waals surface area (Å²) in [5.74, 6) is 0. The Morgan fingerprint density at radius 2 is 2.14 bits per heavy atom. The predicted molar refractivity (Wildman–Crippen MR) is 54.1 cm³/mol. The van der Waals surface area contributed by atoms with Crippen LogP contribution < -0.4 is 5.32 Å². The number of aliphatic hydroxyl groups excluding tert-OH is 2. The molecule has 0 bridgehead atoms. The van der Waals surface area contributed by atoms with Crippen LogP contribution in [0.5, 0.6) is 0 Å². The first-order valence-electron chi connectivity index (χ1n) is 5.32. The average molecular weight is 203 g/mol. The molecule has 0 radical (unpaired) electrons. The van der Waals surface area contributed by atoms with Crippen LogP contribution in [0.25, 0.3) is 0 Å². The summed E-state index contributed by atoms with van der Waals surface area (Å²) < 4.78 is 4.82. The maximum Gasteiger partial charge on any atom is 0.0897 e. The molecule has 3 atom stereocenters. The molecule has 1 aliphatic carbocycles. The topological polar surface area (TPSA) is 61.7 Å². The molecule has 4 heteroatoms. The summed E-state index contributed by atoms with van der Waals surface area (Å²) in [7, 11) is 1.57. The SMILES string of the molecule is COCC(O)CN[C@@H]1CCCC[C@H]1O. The molecule has 1 aliphatic rings. The Kier molecular flexibility index (Phi) is 5.40. The minimum atomic E-state index is -0.478. The highest BCUT2D eigenvalue weighted by Crippen LogP contribution is 2.18. The maximum atomic E-state index is 9.64. The number of hydrogen-bond acceptors (Lipinski definition) is 4. The molecule has 84 valence electrons. The minimum absolute atomic E-state index is 0.148. The zero-order chi connectivity index (χ0) is 10.4. The summed E-state index contributed by atoms with van der Waals surface area (Å²) in [5.41, 5.74) is 0. The van der Waals surface area contributed by atoms with Gasteiger partial charge in [0.25, 0.3) is 0 Å². The average Bonchev–Trinajstić information content (AvgIpc) is 2.17. The first-order valence-corrected chi connectivity index (χ1v) is 5.32. The summed E-state index contributed by atoms with van der Waals surface area (Å²) >= 11 is 0. The Bertz CT molecular complexity index is 154. The summed E-state index contributed by atoms with van der Waals surface area (Å²) in [5, 5.41) is 22.2. The van der Waals surface area contributed by atoms with E-state index in [0.29, 0.717) is 13.2 Å². The van der Waals surface area contributed by atoms with Crippen molar-refractivity contribution in [3.63, 3.8) is 0 Å². The smallest absolute Gasteiger partial charge is 0.0897 e.